The minimum absolute atomic E-state index is 0. The number of nitro groups is 1. The van der Waals surface area contributed by atoms with E-state index in [1.807, 2.05) is 0 Å². The van der Waals surface area contributed by atoms with Crippen LogP contribution in [0.2, 0.25) is 0 Å². The van der Waals surface area contributed by atoms with Crippen LogP contribution in [0.15, 0.2) is 24.3 Å². The van der Waals surface area contributed by atoms with Crippen molar-refractivity contribution in [1.29, 1.82) is 0 Å². The summed E-state index contributed by atoms with van der Waals surface area (Å²) < 4.78 is 0. The Kier molecular flexibility index (Phi) is 4.90. The number of nitrogens with zero attached hydrogens (tertiary/aromatic N) is 1. The van der Waals surface area contributed by atoms with Gasteiger partial charge in [0.2, 0.25) is 0 Å². The molecule has 0 bridgehead atoms. The van der Waals surface area contributed by atoms with Crippen molar-refractivity contribution in [2.75, 3.05) is 5.32 Å². The molecular formula is C8H11ClN2O3. The zero-order valence-electron chi connectivity index (χ0n) is 7.51. The van der Waals surface area contributed by atoms with Crippen LogP contribution in [0, 0.1) is 10.1 Å². The Morgan fingerprint density at radius 2 is 2.07 bits per heavy atom. The molecule has 0 saturated carbocycles. The van der Waals surface area contributed by atoms with E-state index in [0.29, 0.717) is 5.69 Å². The summed E-state index contributed by atoms with van der Waals surface area (Å²) in [6, 6.07) is 6.17. The van der Waals surface area contributed by atoms with Gasteiger partial charge in [-0.1, -0.05) is 12.1 Å². The van der Waals surface area contributed by atoms with E-state index in [1.54, 1.807) is 18.2 Å². The Hall–Kier alpha value is -1.33. The molecule has 0 saturated heterocycles. The zero-order chi connectivity index (χ0) is 9.84. The molecule has 0 fully saturated rings. The summed E-state index contributed by atoms with van der Waals surface area (Å²) in [6.07, 6.45) is -0.805. The number of aliphatic hydroxyl groups is 1. The molecule has 0 aliphatic heterocycles. The predicted molar refractivity (Wildman–Crippen MR) is 55.6 cm³/mol. The van der Waals surface area contributed by atoms with Crippen LogP contribution in [0.5, 0.6) is 0 Å². The summed E-state index contributed by atoms with van der Waals surface area (Å²) in [5.74, 6) is 0. The fraction of sp³-hybridized carbons (Fsp3) is 0.250. The first kappa shape index (κ1) is 12.7. The van der Waals surface area contributed by atoms with Gasteiger partial charge in [-0.05, 0) is 13.0 Å². The molecule has 1 rings (SSSR count). The third kappa shape index (κ3) is 3.20. The Morgan fingerprint density at radius 3 is 2.57 bits per heavy atom. The molecule has 5 nitrogen and oxygen atoms in total. The van der Waals surface area contributed by atoms with Crippen molar-refractivity contribution in [2.24, 2.45) is 0 Å². The van der Waals surface area contributed by atoms with Crippen molar-refractivity contribution in [3.63, 3.8) is 0 Å². The van der Waals surface area contributed by atoms with Crippen LogP contribution >= 0.6 is 12.4 Å². The zero-order valence-corrected chi connectivity index (χ0v) is 8.32. The number of para-hydroxylation sites is 2. The number of hydrogen-bond donors (Lipinski definition) is 2. The summed E-state index contributed by atoms with van der Waals surface area (Å²) in [5, 5.41) is 22.0. The van der Waals surface area contributed by atoms with Crippen molar-refractivity contribution in [3.05, 3.63) is 34.4 Å². The molecule has 0 aromatic heterocycles. The number of anilines is 1. The second-order valence-corrected chi connectivity index (χ2v) is 2.59. The highest BCUT2D eigenvalue weighted by Gasteiger charge is 2.12. The van der Waals surface area contributed by atoms with Gasteiger partial charge < -0.3 is 10.4 Å². The smallest absolute Gasteiger partial charge is 0.292 e. The quantitative estimate of drug-likeness (QED) is 0.461. The molecule has 0 spiro atoms. The number of nitrogens with one attached hydrogen (secondary N) is 1. The van der Waals surface area contributed by atoms with Gasteiger partial charge in [0.25, 0.3) is 5.69 Å². The fourth-order valence-electron chi connectivity index (χ4n) is 0.980. The maximum Gasteiger partial charge on any atom is 0.292 e. The lowest BCUT2D eigenvalue weighted by atomic mass is 10.2. The average Bonchev–Trinajstić information content (AvgIpc) is 2.03. The molecule has 78 valence electrons. The van der Waals surface area contributed by atoms with E-state index in [2.05, 4.69) is 5.32 Å². The molecular weight excluding hydrogens is 208 g/mol. The van der Waals surface area contributed by atoms with Crippen LogP contribution in [-0.4, -0.2) is 16.3 Å². The Labute approximate surface area is 87.3 Å². The molecule has 0 amide bonds. The predicted octanol–water partition coefficient (Wildman–Crippen LogP) is 1.77. The second-order valence-electron chi connectivity index (χ2n) is 2.59. The molecule has 0 radical (unpaired) electrons. The van der Waals surface area contributed by atoms with Crippen molar-refractivity contribution in [3.8, 4) is 0 Å². The van der Waals surface area contributed by atoms with E-state index in [0.717, 1.165) is 0 Å². The van der Waals surface area contributed by atoms with Gasteiger partial charge in [-0.2, -0.15) is 0 Å². The molecule has 1 aromatic carbocycles. The highest BCUT2D eigenvalue weighted by molar-refractivity contribution is 5.85. The minimum Gasteiger partial charge on any atom is -0.374 e. The molecule has 1 atom stereocenters. The minimum atomic E-state index is -0.805. The summed E-state index contributed by atoms with van der Waals surface area (Å²) in [5.41, 5.74) is 0.283. The van der Waals surface area contributed by atoms with E-state index >= 15 is 0 Å². The Morgan fingerprint density at radius 1 is 1.50 bits per heavy atom. The molecule has 1 aromatic rings. The highest BCUT2D eigenvalue weighted by Crippen LogP contribution is 2.23. The second kappa shape index (κ2) is 5.41. The van der Waals surface area contributed by atoms with Crippen LogP contribution in [0.25, 0.3) is 0 Å². The summed E-state index contributed by atoms with van der Waals surface area (Å²) >= 11 is 0. The van der Waals surface area contributed by atoms with Gasteiger partial charge in [0, 0.05) is 6.07 Å². The van der Waals surface area contributed by atoms with Crippen LogP contribution in [0.4, 0.5) is 11.4 Å². The number of halogens is 1. The standard InChI is InChI=1S/C8H10N2O3.ClH/c1-6(11)9-7-4-2-3-5-8(7)10(12)13;/h2-6,9,11H,1H3;1H. The molecule has 0 aliphatic carbocycles. The largest absolute Gasteiger partial charge is 0.374 e. The van der Waals surface area contributed by atoms with Gasteiger partial charge in [-0.15, -0.1) is 12.4 Å². The third-order valence-corrected chi connectivity index (χ3v) is 1.47. The Bertz CT molecular complexity index is 317. The first-order valence-electron chi connectivity index (χ1n) is 3.79. The van der Waals surface area contributed by atoms with Crippen LogP contribution < -0.4 is 5.32 Å². The van der Waals surface area contributed by atoms with Crippen molar-refractivity contribution >= 4 is 23.8 Å². The van der Waals surface area contributed by atoms with Crippen LogP contribution in [0.3, 0.4) is 0 Å². The maximum atomic E-state index is 10.5. The van der Waals surface area contributed by atoms with Crippen molar-refractivity contribution < 1.29 is 10.0 Å². The summed E-state index contributed by atoms with van der Waals surface area (Å²) in [6.45, 7) is 1.50. The molecule has 1 unspecified atom stereocenters. The van der Waals surface area contributed by atoms with Gasteiger partial charge in [0.15, 0.2) is 0 Å². The number of nitro benzene ring substituents is 1. The van der Waals surface area contributed by atoms with Crippen LogP contribution in [0.1, 0.15) is 6.92 Å². The topological polar surface area (TPSA) is 75.4 Å². The first-order valence-corrected chi connectivity index (χ1v) is 3.79. The van der Waals surface area contributed by atoms with Crippen LogP contribution in [-0.2, 0) is 0 Å². The Balaban J connectivity index is 0.00000169. The highest BCUT2D eigenvalue weighted by atomic mass is 35.5. The van der Waals surface area contributed by atoms with Gasteiger partial charge in [-0.25, -0.2) is 0 Å². The lowest BCUT2D eigenvalue weighted by Crippen LogP contribution is -2.14. The molecule has 0 heterocycles. The average molecular weight is 219 g/mol. The maximum absolute atomic E-state index is 10.5. The van der Waals surface area contributed by atoms with Gasteiger partial charge >= 0.3 is 0 Å². The molecule has 0 aliphatic rings. The van der Waals surface area contributed by atoms with Gasteiger partial charge in [0.1, 0.15) is 11.9 Å². The van der Waals surface area contributed by atoms with E-state index in [1.165, 1.54) is 13.0 Å². The van der Waals surface area contributed by atoms with Crippen molar-refractivity contribution in [1.82, 2.24) is 0 Å². The lowest BCUT2D eigenvalue weighted by Gasteiger charge is -2.08. The van der Waals surface area contributed by atoms with Crippen molar-refractivity contribution in [2.45, 2.75) is 13.2 Å². The van der Waals surface area contributed by atoms with Gasteiger partial charge in [0.05, 0.1) is 4.92 Å². The molecule has 2 N–H and O–H groups in total. The number of aliphatic hydroxyl groups excluding tert-OH is 1. The lowest BCUT2D eigenvalue weighted by molar-refractivity contribution is -0.384. The molecule has 6 heteroatoms. The summed E-state index contributed by atoms with van der Waals surface area (Å²) in [7, 11) is 0. The van der Waals surface area contributed by atoms with Gasteiger partial charge in [-0.3, -0.25) is 10.1 Å². The summed E-state index contributed by atoms with van der Waals surface area (Å²) in [4.78, 5) is 9.99. The monoisotopic (exact) mass is 218 g/mol. The SMILES string of the molecule is CC(O)Nc1ccccc1[N+](=O)[O-].Cl. The number of benzene rings is 1. The fourth-order valence-corrected chi connectivity index (χ4v) is 0.980. The van der Waals surface area contributed by atoms with E-state index in [-0.39, 0.29) is 18.1 Å². The van der Waals surface area contributed by atoms with E-state index < -0.39 is 11.2 Å². The molecule has 14 heavy (non-hydrogen) atoms. The first-order chi connectivity index (χ1) is 6.11. The van der Waals surface area contributed by atoms with E-state index in [4.69, 9.17) is 5.11 Å². The normalized spacial score (nSPS) is 11.3. The van der Waals surface area contributed by atoms with E-state index in [9.17, 15) is 10.1 Å². The number of rotatable bonds is 3. The number of hydrogen-bond acceptors (Lipinski definition) is 4. The third-order valence-electron chi connectivity index (χ3n) is 1.47.